The lowest BCUT2D eigenvalue weighted by atomic mass is 10.1. The van der Waals surface area contributed by atoms with E-state index in [9.17, 15) is 9.90 Å². The summed E-state index contributed by atoms with van der Waals surface area (Å²) in [4.78, 5) is 12.0. The van der Waals surface area contributed by atoms with Crippen LogP contribution in [0.25, 0.3) is 0 Å². The van der Waals surface area contributed by atoms with Crippen LogP contribution in [-0.4, -0.2) is 43.4 Å². The molecule has 6 heteroatoms. The van der Waals surface area contributed by atoms with Gasteiger partial charge in [0, 0.05) is 24.3 Å². The van der Waals surface area contributed by atoms with Gasteiger partial charge in [-0.1, -0.05) is 0 Å². The number of amides is 1. The molecule has 1 unspecified atom stereocenters. The average molecular weight is 294 g/mol. The highest BCUT2D eigenvalue weighted by molar-refractivity contribution is 5.91. The Morgan fingerprint density at radius 3 is 3.10 bits per heavy atom. The molecule has 1 saturated heterocycles. The molecule has 116 valence electrons. The van der Waals surface area contributed by atoms with Gasteiger partial charge in [-0.15, -0.1) is 0 Å². The molecule has 1 aromatic carbocycles. The molecule has 0 aliphatic carbocycles. The molecule has 3 N–H and O–H groups in total. The first-order valence-corrected chi connectivity index (χ1v) is 7.21. The van der Waals surface area contributed by atoms with Gasteiger partial charge in [-0.25, -0.2) is 0 Å². The van der Waals surface area contributed by atoms with Crippen molar-refractivity contribution >= 4 is 11.6 Å². The summed E-state index contributed by atoms with van der Waals surface area (Å²) in [5.74, 6) is 0.537. The Morgan fingerprint density at radius 1 is 1.57 bits per heavy atom. The van der Waals surface area contributed by atoms with E-state index >= 15 is 0 Å². The minimum atomic E-state index is -0.130. The molecule has 1 aliphatic rings. The smallest absolute Gasteiger partial charge is 0.227 e. The van der Waals surface area contributed by atoms with E-state index < -0.39 is 0 Å². The van der Waals surface area contributed by atoms with Gasteiger partial charge in [-0.05, 0) is 25.1 Å². The van der Waals surface area contributed by atoms with Crippen molar-refractivity contribution in [2.75, 3.05) is 31.6 Å². The number of rotatable bonds is 6. The van der Waals surface area contributed by atoms with E-state index in [-0.39, 0.29) is 18.6 Å². The van der Waals surface area contributed by atoms with Gasteiger partial charge in [0.25, 0.3) is 0 Å². The molecular formula is C15H22N2O4. The molecule has 6 nitrogen and oxygen atoms in total. The zero-order valence-electron chi connectivity index (χ0n) is 12.2. The monoisotopic (exact) mass is 294 g/mol. The number of carbonyl (C=O) groups is 1. The summed E-state index contributed by atoms with van der Waals surface area (Å²) < 4.78 is 10.9. The van der Waals surface area contributed by atoms with Crippen molar-refractivity contribution in [3.63, 3.8) is 0 Å². The van der Waals surface area contributed by atoms with E-state index in [4.69, 9.17) is 9.47 Å². The van der Waals surface area contributed by atoms with Crippen LogP contribution in [0.4, 0.5) is 5.69 Å². The van der Waals surface area contributed by atoms with Crippen LogP contribution in [0.3, 0.4) is 0 Å². The Hall–Kier alpha value is -1.63. The number of benzene rings is 1. The molecule has 0 aromatic heterocycles. The van der Waals surface area contributed by atoms with Crippen LogP contribution < -0.4 is 15.4 Å². The average Bonchev–Trinajstić information content (AvgIpc) is 2.50. The second-order valence-electron chi connectivity index (χ2n) is 4.86. The summed E-state index contributed by atoms with van der Waals surface area (Å²) in [6.07, 6.45) is 0.230. The Morgan fingerprint density at radius 2 is 2.43 bits per heavy atom. The lowest BCUT2D eigenvalue weighted by Gasteiger charge is -2.23. The quantitative estimate of drug-likeness (QED) is 0.726. The number of aliphatic hydroxyl groups excluding tert-OH is 1. The van der Waals surface area contributed by atoms with Crippen molar-refractivity contribution < 1.29 is 19.4 Å². The molecule has 2 rings (SSSR count). The molecule has 0 bridgehead atoms. The van der Waals surface area contributed by atoms with Gasteiger partial charge < -0.3 is 25.2 Å². The largest absolute Gasteiger partial charge is 0.494 e. The summed E-state index contributed by atoms with van der Waals surface area (Å²) in [6, 6.07) is 5.24. The first kappa shape index (κ1) is 15.8. The minimum absolute atomic E-state index is 0.0845. The number of nitrogens with one attached hydrogen (secondary N) is 2. The maximum absolute atomic E-state index is 12.0. The van der Waals surface area contributed by atoms with Gasteiger partial charge in [-0.3, -0.25) is 4.79 Å². The zero-order chi connectivity index (χ0) is 15.1. The highest BCUT2D eigenvalue weighted by Crippen LogP contribution is 2.23. The topological polar surface area (TPSA) is 79.8 Å². The van der Waals surface area contributed by atoms with Crippen LogP contribution in [0.1, 0.15) is 18.9 Å². The van der Waals surface area contributed by atoms with Crippen LogP contribution >= 0.6 is 0 Å². The van der Waals surface area contributed by atoms with E-state index in [1.165, 1.54) is 0 Å². The highest BCUT2D eigenvalue weighted by atomic mass is 16.5. The first-order valence-electron chi connectivity index (χ1n) is 7.21. The van der Waals surface area contributed by atoms with Crippen LogP contribution in [0, 0.1) is 0 Å². The van der Waals surface area contributed by atoms with Crippen molar-refractivity contribution in [3.8, 4) is 5.75 Å². The van der Waals surface area contributed by atoms with Crippen LogP contribution in [0.15, 0.2) is 18.2 Å². The SMILES string of the molecule is CCOc1ccc(NC(=O)CC2CNCCO2)cc1CO. The fraction of sp³-hybridized carbons (Fsp3) is 0.533. The molecule has 21 heavy (non-hydrogen) atoms. The number of aliphatic hydroxyl groups is 1. The third kappa shape index (κ3) is 4.70. The third-order valence-corrected chi connectivity index (χ3v) is 3.23. The predicted octanol–water partition coefficient (Wildman–Crippen LogP) is 0.895. The number of morpholine rings is 1. The molecule has 1 fully saturated rings. The van der Waals surface area contributed by atoms with Gasteiger partial charge in [0.2, 0.25) is 5.91 Å². The molecule has 0 saturated carbocycles. The summed E-state index contributed by atoms with van der Waals surface area (Å²) in [6.45, 7) is 4.44. The molecule has 1 aromatic rings. The summed E-state index contributed by atoms with van der Waals surface area (Å²) in [5.41, 5.74) is 1.31. The Balaban J connectivity index is 1.93. The maximum atomic E-state index is 12.0. The Bertz CT molecular complexity index is 473. The molecular weight excluding hydrogens is 272 g/mol. The van der Waals surface area contributed by atoms with Gasteiger partial charge in [0.15, 0.2) is 0 Å². The van der Waals surface area contributed by atoms with Crippen LogP contribution in [0.2, 0.25) is 0 Å². The number of anilines is 1. The normalized spacial score (nSPS) is 18.3. The van der Waals surface area contributed by atoms with Crippen molar-refractivity contribution in [1.82, 2.24) is 5.32 Å². The molecule has 1 atom stereocenters. The molecule has 0 radical (unpaired) electrons. The van der Waals surface area contributed by atoms with Crippen molar-refractivity contribution in [2.45, 2.75) is 26.1 Å². The van der Waals surface area contributed by atoms with Crippen molar-refractivity contribution in [3.05, 3.63) is 23.8 Å². The van der Waals surface area contributed by atoms with Gasteiger partial charge in [-0.2, -0.15) is 0 Å². The maximum Gasteiger partial charge on any atom is 0.227 e. The number of hydrogen-bond donors (Lipinski definition) is 3. The standard InChI is InChI=1S/C15H22N2O4/c1-2-20-14-4-3-12(7-11(14)10-18)17-15(19)8-13-9-16-5-6-21-13/h3-4,7,13,16,18H,2,5-6,8-10H2,1H3,(H,17,19). The molecule has 1 aliphatic heterocycles. The molecule has 1 heterocycles. The highest BCUT2D eigenvalue weighted by Gasteiger charge is 2.17. The third-order valence-electron chi connectivity index (χ3n) is 3.23. The van der Waals surface area contributed by atoms with Gasteiger partial charge in [0.1, 0.15) is 5.75 Å². The fourth-order valence-corrected chi connectivity index (χ4v) is 2.25. The van der Waals surface area contributed by atoms with Gasteiger partial charge in [0.05, 0.1) is 32.3 Å². The number of carbonyl (C=O) groups excluding carboxylic acids is 1. The lowest BCUT2D eigenvalue weighted by molar-refractivity contribution is -0.119. The summed E-state index contributed by atoms with van der Waals surface area (Å²) >= 11 is 0. The van der Waals surface area contributed by atoms with Crippen LogP contribution in [0.5, 0.6) is 5.75 Å². The second kappa shape index (κ2) is 7.97. The molecule has 0 spiro atoms. The Kier molecular flexibility index (Phi) is 5.98. The van der Waals surface area contributed by atoms with Gasteiger partial charge >= 0.3 is 0 Å². The second-order valence-corrected chi connectivity index (χ2v) is 4.86. The van der Waals surface area contributed by atoms with E-state index in [1.807, 2.05) is 6.92 Å². The first-order chi connectivity index (χ1) is 10.2. The number of hydrogen-bond acceptors (Lipinski definition) is 5. The Labute approximate surface area is 124 Å². The van der Waals surface area contributed by atoms with Crippen molar-refractivity contribution in [2.24, 2.45) is 0 Å². The van der Waals surface area contributed by atoms with E-state index in [0.29, 0.717) is 43.2 Å². The predicted molar refractivity (Wildman–Crippen MR) is 79.4 cm³/mol. The number of ether oxygens (including phenoxy) is 2. The minimum Gasteiger partial charge on any atom is -0.494 e. The van der Waals surface area contributed by atoms with E-state index in [0.717, 1.165) is 6.54 Å². The van der Waals surface area contributed by atoms with Crippen molar-refractivity contribution in [1.29, 1.82) is 0 Å². The fourth-order valence-electron chi connectivity index (χ4n) is 2.25. The molecule has 1 amide bonds. The van der Waals surface area contributed by atoms with E-state index in [2.05, 4.69) is 10.6 Å². The van der Waals surface area contributed by atoms with E-state index in [1.54, 1.807) is 18.2 Å². The lowest BCUT2D eigenvalue weighted by Crippen LogP contribution is -2.40. The summed E-state index contributed by atoms with van der Waals surface area (Å²) in [7, 11) is 0. The zero-order valence-corrected chi connectivity index (χ0v) is 12.2. The van der Waals surface area contributed by atoms with Crippen LogP contribution in [-0.2, 0) is 16.1 Å². The summed E-state index contributed by atoms with van der Waals surface area (Å²) in [5, 5.41) is 15.4.